The van der Waals surface area contributed by atoms with Crippen molar-refractivity contribution in [3.8, 4) is 0 Å². The minimum atomic E-state index is 0. The lowest BCUT2D eigenvalue weighted by atomic mass is 10.2. The number of hydrogen-bond acceptors (Lipinski definition) is 1. The van der Waals surface area contributed by atoms with Crippen LogP contribution in [0.3, 0.4) is 0 Å². The van der Waals surface area contributed by atoms with Crippen molar-refractivity contribution >= 4 is 6.21 Å². The third-order valence-corrected chi connectivity index (χ3v) is 1.99. The molecule has 0 fully saturated rings. The Morgan fingerprint density at radius 3 is 1.88 bits per heavy atom. The second-order valence-electron chi connectivity index (χ2n) is 4.19. The first kappa shape index (κ1) is 15.4. The van der Waals surface area contributed by atoms with E-state index in [9.17, 15) is 0 Å². The van der Waals surface area contributed by atoms with Crippen LogP contribution in [0.1, 0.15) is 29.1 Å². The molecule has 92 valence electrons. The number of hydrogen-bond donors (Lipinski definition) is 0. The Kier molecular flexibility index (Phi) is 8.67. The Balaban J connectivity index is 0. The van der Waals surface area contributed by atoms with E-state index >= 15 is 0 Å². The summed E-state index contributed by atoms with van der Waals surface area (Å²) < 4.78 is 0. The van der Waals surface area contributed by atoms with E-state index in [1.165, 1.54) is 16.7 Å². The third kappa shape index (κ3) is 10.6. The summed E-state index contributed by atoms with van der Waals surface area (Å²) >= 11 is 0. The molecule has 0 radical (unpaired) electrons. The molecule has 0 saturated heterocycles. The lowest BCUT2D eigenvalue weighted by Gasteiger charge is -1.89. The lowest BCUT2D eigenvalue weighted by Crippen LogP contribution is -1.71. The standard InChI is InChI=1S/C16H23N/c1-14(2)8-6-9-15(3)10-7-11-16(4)12-13-17-5/h6-13H,1-5H3/p+1/b9-6+,11-7+,15-10+,16-12+,17-13?. The van der Waals surface area contributed by atoms with Gasteiger partial charge in [-0.2, -0.15) is 0 Å². The molecule has 0 aliphatic heterocycles. The van der Waals surface area contributed by atoms with Gasteiger partial charge in [-0.3, -0.25) is 4.99 Å². The van der Waals surface area contributed by atoms with Crippen molar-refractivity contribution in [3.05, 3.63) is 59.3 Å². The SMILES string of the molecule is CN=C/C=C(C)/C=C/C=C(C)/C=C/C=C(C)C.[H+]. The predicted molar refractivity (Wildman–Crippen MR) is 80.8 cm³/mol. The van der Waals surface area contributed by atoms with Crippen LogP contribution in [0.15, 0.2) is 64.2 Å². The fraction of sp³-hybridized carbons (Fsp3) is 0.312. The summed E-state index contributed by atoms with van der Waals surface area (Å²) in [6, 6.07) is 0. The molecule has 0 rings (SSSR count). The second-order valence-corrected chi connectivity index (χ2v) is 4.19. The smallest absolute Gasteiger partial charge is 0.297 e. The summed E-state index contributed by atoms with van der Waals surface area (Å²) in [6.45, 7) is 8.33. The van der Waals surface area contributed by atoms with Crippen molar-refractivity contribution in [1.82, 2.24) is 0 Å². The topological polar surface area (TPSA) is 12.4 Å². The van der Waals surface area contributed by atoms with Crippen molar-refractivity contribution in [2.75, 3.05) is 7.05 Å². The van der Waals surface area contributed by atoms with Crippen LogP contribution in [0, 0.1) is 0 Å². The molecule has 0 atom stereocenters. The maximum absolute atomic E-state index is 3.91. The average Bonchev–Trinajstić information content (AvgIpc) is 2.25. The Labute approximate surface area is 107 Å². The Hall–Kier alpha value is -1.63. The molecule has 0 bridgehead atoms. The fourth-order valence-corrected chi connectivity index (χ4v) is 1.05. The van der Waals surface area contributed by atoms with Gasteiger partial charge in [0.1, 0.15) is 0 Å². The molecule has 1 heteroatoms. The normalized spacial score (nSPS) is 14.2. The van der Waals surface area contributed by atoms with E-state index in [-0.39, 0.29) is 1.43 Å². The van der Waals surface area contributed by atoms with Crippen LogP contribution in [-0.4, -0.2) is 13.3 Å². The highest BCUT2D eigenvalue weighted by molar-refractivity contribution is 5.72. The van der Waals surface area contributed by atoms with Gasteiger partial charge in [0.2, 0.25) is 0 Å². The number of nitrogens with zero attached hydrogens (tertiary/aromatic N) is 1. The molecule has 0 aliphatic carbocycles. The molecule has 0 amide bonds. The van der Waals surface area contributed by atoms with E-state index in [4.69, 9.17) is 0 Å². The van der Waals surface area contributed by atoms with Crippen molar-refractivity contribution in [3.63, 3.8) is 0 Å². The van der Waals surface area contributed by atoms with E-state index in [0.29, 0.717) is 0 Å². The summed E-state index contributed by atoms with van der Waals surface area (Å²) in [7, 11) is 1.77. The van der Waals surface area contributed by atoms with Gasteiger partial charge in [0.15, 0.2) is 0 Å². The van der Waals surface area contributed by atoms with E-state index < -0.39 is 0 Å². The molecule has 1 nitrogen and oxygen atoms in total. The van der Waals surface area contributed by atoms with Crippen LogP contribution in [-0.2, 0) is 0 Å². The average molecular weight is 230 g/mol. The van der Waals surface area contributed by atoms with Gasteiger partial charge in [0.25, 0.3) is 0 Å². The minimum Gasteiger partial charge on any atom is -0.297 e. The van der Waals surface area contributed by atoms with Gasteiger partial charge in [-0.25, -0.2) is 0 Å². The minimum absolute atomic E-state index is 0. The van der Waals surface area contributed by atoms with Gasteiger partial charge >= 0.3 is 1.43 Å². The summed E-state index contributed by atoms with van der Waals surface area (Å²) in [5, 5.41) is 0. The number of aliphatic imine (C=N–C) groups is 1. The fourth-order valence-electron chi connectivity index (χ4n) is 1.05. The molecule has 0 unspecified atom stereocenters. The molecule has 17 heavy (non-hydrogen) atoms. The zero-order valence-electron chi connectivity index (χ0n) is 12.6. The van der Waals surface area contributed by atoms with Crippen molar-refractivity contribution in [2.24, 2.45) is 4.99 Å². The van der Waals surface area contributed by atoms with Crippen molar-refractivity contribution < 1.29 is 1.43 Å². The molecule has 0 spiro atoms. The van der Waals surface area contributed by atoms with Crippen LogP contribution in [0.5, 0.6) is 0 Å². The van der Waals surface area contributed by atoms with Gasteiger partial charge in [-0.15, -0.1) is 0 Å². The third-order valence-electron chi connectivity index (χ3n) is 1.99. The van der Waals surface area contributed by atoms with Crippen LogP contribution < -0.4 is 0 Å². The Morgan fingerprint density at radius 1 is 0.824 bits per heavy atom. The van der Waals surface area contributed by atoms with Gasteiger partial charge in [0.05, 0.1) is 0 Å². The van der Waals surface area contributed by atoms with Crippen molar-refractivity contribution in [2.45, 2.75) is 27.7 Å². The van der Waals surface area contributed by atoms with Crippen LogP contribution in [0.4, 0.5) is 0 Å². The van der Waals surface area contributed by atoms with E-state index in [2.05, 4.69) is 69.1 Å². The summed E-state index contributed by atoms with van der Waals surface area (Å²) in [4.78, 5) is 3.91. The molecule has 0 aromatic heterocycles. The zero-order valence-corrected chi connectivity index (χ0v) is 11.6. The van der Waals surface area contributed by atoms with Crippen molar-refractivity contribution in [1.29, 1.82) is 0 Å². The van der Waals surface area contributed by atoms with E-state index in [1.807, 2.05) is 6.08 Å². The summed E-state index contributed by atoms with van der Waals surface area (Å²) in [5.41, 5.74) is 3.73. The van der Waals surface area contributed by atoms with Gasteiger partial charge < -0.3 is 0 Å². The first-order valence-electron chi connectivity index (χ1n) is 5.82. The van der Waals surface area contributed by atoms with Crippen LogP contribution in [0.25, 0.3) is 0 Å². The second kappa shape index (κ2) is 9.59. The first-order valence-corrected chi connectivity index (χ1v) is 5.82. The highest BCUT2D eigenvalue weighted by Gasteiger charge is 1.79. The maximum atomic E-state index is 3.91. The molecule has 0 aromatic rings. The Morgan fingerprint density at radius 2 is 1.35 bits per heavy atom. The highest BCUT2D eigenvalue weighted by atomic mass is 14.6. The maximum Gasteiger partial charge on any atom is 1.00 e. The Bertz CT molecular complexity index is 389. The van der Waals surface area contributed by atoms with E-state index in [0.717, 1.165) is 0 Å². The van der Waals surface area contributed by atoms with E-state index in [1.54, 1.807) is 13.3 Å². The molecule has 0 heterocycles. The molecular weight excluding hydrogens is 206 g/mol. The lowest BCUT2D eigenvalue weighted by molar-refractivity contribution is 1.39. The highest BCUT2D eigenvalue weighted by Crippen LogP contribution is 2.00. The molecular formula is C16H24N+. The largest absolute Gasteiger partial charge is 1.00 e. The first-order chi connectivity index (χ1) is 8.06. The summed E-state index contributed by atoms with van der Waals surface area (Å²) in [5.74, 6) is 0. The quantitative estimate of drug-likeness (QED) is 0.476. The zero-order chi connectivity index (χ0) is 13.1. The molecule has 0 aliphatic rings. The number of allylic oxidation sites excluding steroid dienone is 10. The number of rotatable bonds is 5. The predicted octanol–water partition coefficient (Wildman–Crippen LogP) is 4.77. The molecule has 0 aromatic carbocycles. The van der Waals surface area contributed by atoms with Gasteiger partial charge in [-0.1, -0.05) is 47.6 Å². The summed E-state index contributed by atoms with van der Waals surface area (Å²) in [6.07, 6.45) is 16.3. The molecule has 0 saturated carbocycles. The monoisotopic (exact) mass is 230 g/mol. The van der Waals surface area contributed by atoms with Gasteiger partial charge in [-0.05, 0) is 39.3 Å². The van der Waals surface area contributed by atoms with Gasteiger partial charge in [0, 0.05) is 13.3 Å². The molecule has 0 N–H and O–H groups in total. The van der Waals surface area contributed by atoms with Crippen LogP contribution in [0.2, 0.25) is 0 Å². The van der Waals surface area contributed by atoms with Crippen LogP contribution >= 0.6 is 0 Å².